The number of nitrogens with zero attached hydrogens (tertiary/aromatic N) is 2. The molecule has 19 heavy (non-hydrogen) atoms. The van der Waals surface area contributed by atoms with Gasteiger partial charge in [0.25, 0.3) is 0 Å². The summed E-state index contributed by atoms with van der Waals surface area (Å²) in [6, 6.07) is 6.29. The minimum absolute atomic E-state index is 0.863. The molecule has 0 aliphatic rings. The Morgan fingerprint density at radius 3 is 2.89 bits per heavy atom. The Balaban J connectivity index is 2.40. The van der Waals surface area contributed by atoms with E-state index in [0.717, 1.165) is 56.8 Å². The van der Waals surface area contributed by atoms with E-state index in [2.05, 4.69) is 54.0 Å². The molecule has 0 saturated carbocycles. The molecule has 1 rings (SSSR count). The Morgan fingerprint density at radius 2 is 2.16 bits per heavy atom. The second-order valence-corrected chi connectivity index (χ2v) is 4.97. The Labute approximate surface area is 117 Å². The minimum Gasteiger partial charge on any atom is -0.311 e. The largest absolute Gasteiger partial charge is 0.311 e. The predicted molar refractivity (Wildman–Crippen MR) is 82.0 cm³/mol. The topological polar surface area (TPSA) is 28.2 Å². The Morgan fingerprint density at radius 1 is 1.37 bits per heavy atom. The summed E-state index contributed by atoms with van der Waals surface area (Å²) in [4.78, 5) is 7.00. The van der Waals surface area contributed by atoms with E-state index in [1.165, 1.54) is 0 Å². The van der Waals surface area contributed by atoms with E-state index in [1.54, 1.807) is 0 Å². The van der Waals surface area contributed by atoms with Crippen LogP contribution in [0.15, 0.2) is 30.9 Å². The van der Waals surface area contributed by atoms with Crippen molar-refractivity contribution in [3.63, 3.8) is 0 Å². The second kappa shape index (κ2) is 9.70. The molecule has 1 aromatic rings. The molecule has 0 fully saturated rings. The summed E-state index contributed by atoms with van der Waals surface area (Å²) in [7, 11) is 2.15. The quantitative estimate of drug-likeness (QED) is 0.518. The van der Waals surface area contributed by atoms with Crippen LogP contribution < -0.4 is 5.32 Å². The number of aromatic nitrogens is 1. The summed E-state index contributed by atoms with van der Waals surface area (Å²) in [6.07, 6.45) is 5.38. The molecule has 3 heteroatoms. The average Bonchev–Trinajstić information content (AvgIpc) is 2.40. The third-order valence-electron chi connectivity index (χ3n) is 2.98. The SMILES string of the molecule is C=CCCCN(C)Cc1cccc(CNCCC)n1. The lowest BCUT2D eigenvalue weighted by Gasteiger charge is -2.16. The van der Waals surface area contributed by atoms with Crippen molar-refractivity contribution in [1.29, 1.82) is 0 Å². The van der Waals surface area contributed by atoms with Gasteiger partial charge in [0.1, 0.15) is 0 Å². The molecular weight excluding hydrogens is 234 g/mol. The van der Waals surface area contributed by atoms with Crippen molar-refractivity contribution in [2.75, 3.05) is 20.1 Å². The van der Waals surface area contributed by atoms with Gasteiger partial charge in [0.2, 0.25) is 0 Å². The normalized spacial score (nSPS) is 10.9. The molecule has 0 aromatic carbocycles. The molecule has 3 nitrogen and oxygen atoms in total. The molecule has 0 atom stereocenters. The van der Waals surface area contributed by atoms with E-state index in [0.29, 0.717) is 0 Å². The Kier molecular flexibility index (Phi) is 8.10. The van der Waals surface area contributed by atoms with Crippen molar-refractivity contribution in [2.24, 2.45) is 0 Å². The molecule has 0 unspecified atom stereocenters. The van der Waals surface area contributed by atoms with Crippen LogP contribution in [0.25, 0.3) is 0 Å². The fraction of sp³-hybridized carbons (Fsp3) is 0.562. The van der Waals surface area contributed by atoms with E-state index in [9.17, 15) is 0 Å². The van der Waals surface area contributed by atoms with Gasteiger partial charge in [-0.15, -0.1) is 6.58 Å². The molecule has 0 aliphatic carbocycles. The van der Waals surface area contributed by atoms with Crippen LogP contribution >= 0.6 is 0 Å². The lowest BCUT2D eigenvalue weighted by Crippen LogP contribution is -2.20. The van der Waals surface area contributed by atoms with Crippen molar-refractivity contribution in [1.82, 2.24) is 15.2 Å². The van der Waals surface area contributed by atoms with Crippen LogP contribution in [0.4, 0.5) is 0 Å². The highest BCUT2D eigenvalue weighted by Gasteiger charge is 2.02. The summed E-state index contributed by atoms with van der Waals surface area (Å²) in [5.74, 6) is 0. The van der Waals surface area contributed by atoms with Crippen molar-refractivity contribution in [3.05, 3.63) is 42.2 Å². The fourth-order valence-corrected chi connectivity index (χ4v) is 1.97. The number of unbranched alkanes of at least 4 members (excludes halogenated alkanes) is 1. The maximum absolute atomic E-state index is 4.69. The van der Waals surface area contributed by atoms with Gasteiger partial charge >= 0.3 is 0 Å². The van der Waals surface area contributed by atoms with Crippen LogP contribution in [0.1, 0.15) is 37.6 Å². The fourth-order valence-electron chi connectivity index (χ4n) is 1.97. The zero-order valence-electron chi connectivity index (χ0n) is 12.4. The first-order valence-electron chi connectivity index (χ1n) is 7.21. The third kappa shape index (κ3) is 7.09. The molecule has 106 valence electrons. The summed E-state index contributed by atoms with van der Waals surface area (Å²) in [5, 5.41) is 3.39. The zero-order valence-corrected chi connectivity index (χ0v) is 12.4. The smallest absolute Gasteiger partial charge is 0.0547 e. The standard InChI is InChI=1S/C16H27N3/c1-4-6-7-12-19(3)14-16-10-8-9-15(18-16)13-17-11-5-2/h4,8-10,17H,1,5-7,11-14H2,2-3H3. The summed E-state index contributed by atoms with van der Waals surface area (Å²) in [5.41, 5.74) is 2.28. The highest BCUT2D eigenvalue weighted by molar-refractivity contribution is 5.11. The molecule has 0 amide bonds. The maximum Gasteiger partial charge on any atom is 0.0547 e. The van der Waals surface area contributed by atoms with Crippen LogP contribution in [-0.4, -0.2) is 30.0 Å². The Hall–Kier alpha value is -1.19. The molecule has 1 heterocycles. The number of allylic oxidation sites excluding steroid dienone is 1. The number of hydrogen-bond acceptors (Lipinski definition) is 3. The van der Waals surface area contributed by atoms with Crippen LogP contribution in [-0.2, 0) is 13.1 Å². The lowest BCUT2D eigenvalue weighted by atomic mass is 10.2. The number of rotatable bonds is 10. The van der Waals surface area contributed by atoms with Gasteiger partial charge < -0.3 is 10.2 Å². The van der Waals surface area contributed by atoms with E-state index >= 15 is 0 Å². The number of hydrogen-bond donors (Lipinski definition) is 1. The van der Waals surface area contributed by atoms with Crippen molar-refractivity contribution in [2.45, 2.75) is 39.3 Å². The van der Waals surface area contributed by atoms with Crippen LogP contribution in [0.5, 0.6) is 0 Å². The van der Waals surface area contributed by atoms with Gasteiger partial charge in [0, 0.05) is 13.1 Å². The van der Waals surface area contributed by atoms with E-state index in [-0.39, 0.29) is 0 Å². The van der Waals surface area contributed by atoms with Gasteiger partial charge in [-0.25, -0.2) is 0 Å². The van der Waals surface area contributed by atoms with Gasteiger partial charge in [0.05, 0.1) is 11.4 Å². The summed E-state index contributed by atoms with van der Waals surface area (Å²) >= 11 is 0. The van der Waals surface area contributed by atoms with E-state index < -0.39 is 0 Å². The Bertz CT molecular complexity index is 363. The molecule has 0 radical (unpaired) electrons. The molecule has 0 aliphatic heterocycles. The molecular formula is C16H27N3. The van der Waals surface area contributed by atoms with E-state index in [1.807, 2.05) is 6.08 Å². The van der Waals surface area contributed by atoms with Crippen LogP contribution in [0.2, 0.25) is 0 Å². The molecule has 0 bridgehead atoms. The zero-order chi connectivity index (χ0) is 13.9. The second-order valence-electron chi connectivity index (χ2n) is 4.97. The first-order valence-corrected chi connectivity index (χ1v) is 7.21. The lowest BCUT2D eigenvalue weighted by molar-refractivity contribution is 0.319. The summed E-state index contributed by atoms with van der Waals surface area (Å²) < 4.78 is 0. The van der Waals surface area contributed by atoms with Crippen molar-refractivity contribution in [3.8, 4) is 0 Å². The molecule has 1 aromatic heterocycles. The van der Waals surface area contributed by atoms with Crippen molar-refractivity contribution >= 4 is 0 Å². The first-order chi connectivity index (χ1) is 9.26. The van der Waals surface area contributed by atoms with Crippen LogP contribution in [0, 0.1) is 0 Å². The van der Waals surface area contributed by atoms with Gasteiger partial charge in [-0.3, -0.25) is 4.98 Å². The number of pyridine rings is 1. The van der Waals surface area contributed by atoms with E-state index in [4.69, 9.17) is 0 Å². The van der Waals surface area contributed by atoms with Gasteiger partial charge in [-0.2, -0.15) is 0 Å². The average molecular weight is 261 g/mol. The monoisotopic (exact) mass is 261 g/mol. The predicted octanol–water partition coefficient (Wildman–Crippen LogP) is 2.98. The first kappa shape index (κ1) is 15.9. The number of nitrogens with one attached hydrogen (secondary N) is 1. The highest BCUT2D eigenvalue weighted by atomic mass is 15.1. The molecule has 0 saturated heterocycles. The van der Waals surface area contributed by atoms with Gasteiger partial charge in [-0.1, -0.05) is 19.1 Å². The minimum atomic E-state index is 0.863. The molecule has 0 spiro atoms. The van der Waals surface area contributed by atoms with Gasteiger partial charge in [0.15, 0.2) is 0 Å². The molecule has 1 N–H and O–H groups in total. The van der Waals surface area contributed by atoms with Crippen LogP contribution in [0.3, 0.4) is 0 Å². The third-order valence-corrected chi connectivity index (χ3v) is 2.98. The highest BCUT2D eigenvalue weighted by Crippen LogP contribution is 2.04. The summed E-state index contributed by atoms with van der Waals surface area (Å²) in [6.45, 7) is 9.84. The van der Waals surface area contributed by atoms with Gasteiger partial charge in [-0.05, 0) is 51.5 Å². The maximum atomic E-state index is 4.69. The van der Waals surface area contributed by atoms with Crippen molar-refractivity contribution < 1.29 is 0 Å².